The van der Waals surface area contributed by atoms with Crippen molar-refractivity contribution in [3.8, 4) is 0 Å². The first-order valence-electron chi connectivity index (χ1n) is 6.49. The zero-order valence-corrected chi connectivity index (χ0v) is 9.76. The van der Waals surface area contributed by atoms with Crippen LogP contribution in [0.2, 0.25) is 0 Å². The Morgan fingerprint density at radius 2 is 2.00 bits per heavy atom. The van der Waals surface area contributed by atoms with E-state index >= 15 is 0 Å². The van der Waals surface area contributed by atoms with Crippen LogP contribution in [0.5, 0.6) is 0 Å². The van der Waals surface area contributed by atoms with E-state index in [9.17, 15) is 0 Å². The molecular weight excluding hydrogens is 170 g/mol. The van der Waals surface area contributed by atoms with Crippen molar-refractivity contribution < 1.29 is 0 Å². The Hall–Kier alpha value is -0.0400. The van der Waals surface area contributed by atoms with Gasteiger partial charge in [0.05, 0.1) is 0 Å². The molecular formula is C13H25N. The smallest absolute Gasteiger partial charge is 0.00671 e. The highest BCUT2D eigenvalue weighted by Crippen LogP contribution is 2.33. The van der Waals surface area contributed by atoms with Crippen molar-refractivity contribution in [2.45, 2.75) is 58.4 Å². The number of nitrogens with one attached hydrogen (secondary N) is 1. The number of hydrogen-bond acceptors (Lipinski definition) is 1. The largest absolute Gasteiger partial charge is 0.314 e. The molecule has 0 aliphatic heterocycles. The molecule has 0 bridgehead atoms. The number of rotatable bonds is 4. The summed E-state index contributed by atoms with van der Waals surface area (Å²) in [7, 11) is 0. The maximum atomic E-state index is 3.73. The van der Waals surface area contributed by atoms with E-state index in [1.807, 2.05) is 0 Å². The lowest BCUT2D eigenvalue weighted by atomic mass is 9.82. The maximum Gasteiger partial charge on any atom is 0.00671 e. The van der Waals surface area contributed by atoms with Crippen LogP contribution in [0.3, 0.4) is 0 Å². The normalized spacial score (nSPS) is 35.6. The molecule has 2 rings (SSSR count). The van der Waals surface area contributed by atoms with Crippen molar-refractivity contribution in [2.24, 2.45) is 17.8 Å². The van der Waals surface area contributed by atoms with E-state index in [2.05, 4.69) is 19.2 Å². The van der Waals surface area contributed by atoms with Gasteiger partial charge in [0, 0.05) is 6.04 Å². The summed E-state index contributed by atoms with van der Waals surface area (Å²) < 4.78 is 0. The second-order valence-electron chi connectivity index (χ2n) is 5.67. The third-order valence-corrected chi connectivity index (χ3v) is 4.10. The standard InChI is InChI=1S/C13H25N/c1-10-4-3-5-12(8-10)9-14-11(2)13-6-7-13/h10-14H,3-9H2,1-2H3. The molecule has 0 aromatic rings. The first-order chi connectivity index (χ1) is 6.75. The third-order valence-electron chi connectivity index (χ3n) is 4.10. The molecule has 0 spiro atoms. The van der Waals surface area contributed by atoms with Crippen LogP contribution >= 0.6 is 0 Å². The summed E-state index contributed by atoms with van der Waals surface area (Å²) in [5.41, 5.74) is 0. The Morgan fingerprint density at radius 1 is 1.21 bits per heavy atom. The predicted octanol–water partition coefficient (Wildman–Crippen LogP) is 3.20. The fraction of sp³-hybridized carbons (Fsp3) is 1.00. The molecule has 0 aromatic carbocycles. The van der Waals surface area contributed by atoms with Crippen molar-refractivity contribution in [3.63, 3.8) is 0 Å². The van der Waals surface area contributed by atoms with E-state index in [1.54, 1.807) is 0 Å². The minimum atomic E-state index is 0.784. The van der Waals surface area contributed by atoms with E-state index < -0.39 is 0 Å². The first-order valence-corrected chi connectivity index (χ1v) is 6.49. The predicted molar refractivity (Wildman–Crippen MR) is 61.3 cm³/mol. The van der Waals surface area contributed by atoms with Crippen LogP contribution in [0.1, 0.15) is 52.4 Å². The molecule has 0 saturated heterocycles. The van der Waals surface area contributed by atoms with E-state index in [1.165, 1.54) is 45.1 Å². The molecule has 0 heterocycles. The van der Waals surface area contributed by atoms with Crippen molar-refractivity contribution >= 4 is 0 Å². The molecule has 82 valence electrons. The van der Waals surface area contributed by atoms with Crippen LogP contribution in [0.4, 0.5) is 0 Å². The first kappa shape index (κ1) is 10.5. The van der Waals surface area contributed by atoms with Crippen LogP contribution in [-0.2, 0) is 0 Å². The molecule has 1 heteroatoms. The quantitative estimate of drug-likeness (QED) is 0.726. The van der Waals surface area contributed by atoms with Gasteiger partial charge in [0.1, 0.15) is 0 Å². The molecule has 2 saturated carbocycles. The fourth-order valence-corrected chi connectivity index (χ4v) is 2.86. The molecule has 2 fully saturated rings. The van der Waals surface area contributed by atoms with E-state index in [-0.39, 0.29) is 0 Å². The van der Waals surface area contributed by atoms with Crippen molar-refractivity contribution in [1.29, 1.82) is 0 Å². The third kappa shape index (κ3) is 2.98. The maximum absolute atomic E-state index is 3.73. The summed E-state index contributed by atoms with van der Waals surface area (Å²) >= 11 is 0. The van der Waals surface area contributed by atoms with Gasteiger partial charge in [0.2, 0.25) is 0 Å². The molecule has 1 nitrogen and oxygen atoms in total. The van der Waals surface area contributed by atoms with E-state index in [0.717, 1.165) is 23.8 Å². The Bertz CT molecular complexity index is 174. The SMILES string of the molecule is CC1CCCC(CNC(C)C2CC2)C1. The van der Waals surface area contributed by atoms with E-state index in [4.69, 9.17) is 0 Å². The zero-order chi connectivity index (χ0) is 9.97. The van der Waals surface area contributed by atoms with E-state index in [0.29, 0.717) is 0 Å². The fourth-order valence-electron chi connectivity index (χ4n) is 2.86. The molecule has 3 unspecified atom stereocenters. The summed E-state index contributed by atoms with van der Waals surface area (Å²) in [6, 6.07) is 0.784. The average molecular weight is 195 g/mol. The summed E-state index contributed by atoms with van der Waals surface area (Å²) in [6.45, 7) is 6.06. The van der Waals surface area contributed by atoms with Gasteiger partial charge in [-0.2, -0.15) is 0 Å². The minimum Gasteiger partial charge on any atom is -0.314 e. The van der Waals surface area contributed by atoms with Gasteiger partial charge >= 0.3 is 0 Å². The number of hydrogen-bond donors (Lipinski definition) is 1. The van der Waals surface area contributed by atoms with Gasteiger partial charge in [-0.25, -0.2) is 0 Å². The summed E-state index contributed by atoms with van der Waals surface area (Å²) in [5.74, 6) is 2.96. The Morgan fingerprint density at radius 3 is 2.64 bits per heavy atom. The van der Waals surface area contributed by atoms with Crippen molar-refractivity contribution in [2.75, 3.05) is 6.54 Å². The summed E-state index contributed by atoms with van der Waals surface area (Å²) in [6.07, 6.45) is 8.80. The van der Waals surface area contributed by atoms with Crippen LogP contribution in [-0.4, -0.2) is 12.6 Å². The highest BCUT2D eigenvalue weighted by molar-refractivity contribution is 4.84. The Kier molecular flexibility index (Phi) is 3.48. The second kappa shape index (κ2) is 4.65. The summed E-state index contributed by atoms with van der Waals surface area (Å²) in [5, 5.41) is 3.73. The summed E-state index contributed by atoms with van der Waals surface area (Å²) in [4.78, 5) is 0. The highest BCUT2D eigenvalue weighted by atomic mass is 14.9. The van der Waals surface area contributed by atoms with Crippen molar-refractivity contribution in [1.82, 2.24) is 5.32 Å². The molecule has 3 atom stereocenters. The highest BCUT2D eigenvalue weighted by Gasteiger charge is 2.28. The van der Waals surface area contributed by atoms with Crippen LogP contribution < -0.4 is 5.32 Å². The van der Waals surface area contributed by atoms with Crippen LogP contribution in [0, 0.1) is 17.8 Å². The van der Waals surface area contributed by atoms with Crippen LogP contribution in [0.15, 0.2) is 0 Å². The van der Waals surface area contributed by atoms with Crippen molar-refractivity contribution in [3.05, 3.63) is 0 Å². The molecule has 2 aliphatic carbocycles. The van der Waals surface area contributed by atoms with Gasteiger partial charge in [-0.3, -0.25) is 0 Å². The topological polar surface area (TPSA) is 12.0 Å². The van der Waals surface area contributed by atoms with Gasteiger partial charge < -0.3 is 5.32 Å². The molecule has 0 amide bonds. The monoisotopic (exact) mass is 195 g/mol. The molecule has 2 aliphatic rings. The molecule has 0 aromatic heterocycles. The lowest BCUT2D eigenvalue weighted by Gasteiger charge is -2.28. The van der Waals surface area contributed by atoms with Gasteiger partial charge in [-0.05, 0) is 56.9 Å². The molecule has 0 radical (unpaired) electrons. The van der Waals surface area contributed by atoms with Gasteiger partial charge in [0.25, 0.3) is 0 Å². The Balaban J connectivity index is 1.63. The zero-order valence-electron chi connectivity index (χ0n) is 9.76. The minimum absolute atomic E-state index is 0.784. The molecule has 1 N–H and O–H groups in total. The van der Waals surface area contributed by atoms with Gasteiger partial charge in [0.15, 0.2) is 0 Å². The van der Waals surface area contributed by atoms with Gasteiger partial charge in [-0.15, -0.1) is 0 Å². The molecule has 14 heavy (non-hydrogen) atoms. The van der Waals surface area contributed by atoms with Crippen LogP contribution in [0.25, 0.3) is 0 Å². The Labute approximate surface area is 88.7 Å². The lowest BCUT2D eigenvalue weighted by Crippen LogP contribution is -2.34. The average Bonchev–Trinajstić information content (AvgIpc) is 2.97. The lowest BCUT2D eigenvalue weighted by molar-refractivity contribution is 0.265. The van der Waals surface area contributed by atoms with Gasteiger partial charge in [-0.1, -0.05) is 19.8 Å². The second-order valence-corrected chi connectivity index (χ2v) is 5.67.